The van der Waals surface area contributed by atoms with Crippen LogP contribution in [0, 0.1) is 6.92 Å². The molecule has 3 aromatic carbocycles. The second-order valence-electron chi connectivity index (χ2n) is 7.95. The molecule has 0 aliphatic carbocycles. The Balaban J connectivity index is 1.47. The summed E-state index contributed by atoms with van der Waals surface area (Å²) in [5.74, 6) is 1.67. The Bertz CT molecular complexity index is 1380. The van der Waals surface area contributed by atoms with Crippen molar-refractivity contribution in [3.63, 3.8) is 0 Å². The Kier molecular flexibility index (Phi) is 5.26. The van der Waals surface area contributed by atoms with E-state index in [2.05, 4.69) is 36.5 Å². The van der Waals surface area contributed by atoms with Gasteiger partial charge < -0.3 is 23.9 Å². The molecule has 166 valence electrons. The van der Waals surface area contributed by atoms with Gasteiger partial charge in [0, 0.05) is 40.4 Å². The van der Waals surface area contributed by atoms with Crippen LogP contribution in [0.3, 0.4) is 0 Å². The lowest BCUT2D eigenvalue weighted by Gasteiger charge is -2.10. The number of fused-ring (bicyclic) bond motifs is 2. The molecule has 0 fully saturated rings. The monoisotopic (exact) mass is 441 g/mol. The molecule has 2 heterocycles. The predicted octanol–water partition coefficient (Wildman–Crippen LogP) is 6.19. The van der Waals surface area contributed by atoms with E-state index in [9.17, 15) is 4.79 Å². The van der Waals surface area contributed by atoms with Gasteiger partial charge in [-0.3, -0.25) is 4.79 Å². The summed E-state index contributed by atoms with van der Waals surface area (Å²) in [6.45, 7) is 4.13. The van der Waals surface area contributed by atoms with Crippen LogP contribution in [0.25, 0.3) is 27.7 Å². The fourth-order valence-corrected chi connectivity index (χ4v) is 3.92. The van der Waals surface area contributed by atoms with Crippen LogP contribution in [-0.4, -0.2) is 19.8 Å². The third-order valence-corrected chi connectivity index (χ3v) is 5.67. The summed E-state index contributed by atoms with van der Waals surface area (Å²) in [4.78, 5) is 12.7. The molecule has 6 heteroatoms. The summed E-state index contributed by atoms with van der Waals surface area (Å²) < 4.78 is 22.1. The molecule has 1 N–H and O–H groups in total. The van der Waals surface area contributed by atoms with Gasteiger partial charge in [-0.1, -0.05) is 29.8 Å². The first-order valence-electron chi connectivity index (χ1n) is 10.6. The number of methoxy groups -OCH3 is 1. The Morgan fingerprint density at radius 1 is 1.03 bits per heavy atom. The summed E-state index contributed by atoms with van der Waals surface area (Å²) in [6.07, 6.45) is 3.31. The molecule has 0 saturated carbocycles. The minimum atomic E-state index is -0.250. The maximum absolute atomic E-state index is 12.7. The molecule has 0 spiro atoms. The highest BCUT2D eigenvalue weighted by molar-refractivity contribution is 6.05. The molecule has 0 unspecified atom stereocenters. The molecule has 6 nitrogen and oxygen atoms in total. The Morgan fingerprint density at radius 2 is 1.82 bits per heavy atom. The van der Waals surface area contributed by atoms with E-state index < -0.39 is 0 Å². The lowest BCUT2D eigenvalue weighted by atomic mass is 9.99. The van der Waals surface area contributed by atoms with Crippen LogP contribution in [0.4, 0.5) is 5.69 Å². The van der Waals surface area contributed by atoms with E-state index in [1.807, 2.05) is 19.1 Å². The summed E-state index contributed by atoms with van der Waals surface area (Å²) in [7, 11) is 1.61. The first-order valence-corrected chi connectivity index (χ1v) is 10.6. The predicted molar refractivity (Wildman–Crippen MR) is 128 cm³/mol. The quantitative estimate of drug-likeness (QED) is 0.374. The lowest BCUT2D eigenvalue weighted by molar-refractivity contribution is -0.111. The van der Waals surface area contributed by atoms with Crippen LogP contribution in [0.15, 0.2) is 71.4 Å². The van der Waals surface area contributed by atoms with Crippen LogP contribution >= 0.6 is 0 Å². The molecule has 5 rings (SSSR count). The Hall–Kier alpha value is -4.19. The highest BCUT2D eigenvalue weighted by Crippen LogP contribution is 2.38. The van der Waals surface area contributed by atoms with E-state index in [4.69, 9.17) is 18.6 Å². The molecule has 4 aromatic rings. The van der Waals surface area contributed by atoms with Crippen LogP contribution in [-0.2, 0) is 4.79 Å². The Labute approximate surface area is 191 Å². The van der Waals surface area contributed by atoms with Crippen LogP contribution < -0.4 is 19.5 Å². The first-order chi connectivity index (χ1) is 16.0. The zero-order valence-electron chi connectivity index (χ0n) is 18.6. The fourth-order valence-electron chi connectivity index (χ4n) is 3.92. The number of amides is 1. The number of nitrogens with one attached hydrogen (secondary N) is 1. The molecule has 1 aliphatic heterocycles. The average molecular weight is 441 g/mol. The van der Waals surface area contributed by atoms with Crippen molar-refractivity contribution in [2.24, 2.45) is 0 Å². The number of furan rings is 1. The van der Waals surface area contributed by atoms with Crippen molar-refractivity contribution >= 4 is 28.1 Å². The van der Waals surface area contributed by atoms with Gasteiger partial charge in [0.1, 0.15) is 11.3 Å². The van der Waals surface area contributed by atoms with Gasteiger partial charge >= 0.3 is 0 Å². The molecular formula is C27H23NO5. The van der Waals surface area contributed by atoms with Crippen molar-refractivity contribution in [1.82, 2.24) is 0 Å². The number of hydrogen-bond acceptors (Lipinski definition) is 5. The molecule has 0 radical (unpaired) electrons. The average Bonchev–Trinajstić information content (AvgIpc) is 3.44. The van der Waals surface area contributed by atoms with Gasteiger partial charge in [0.05, 0.1) is 13.4 Å². The maximum Gasteiger partial charge on any atom is 0.248 e. The van der Waals surface area contributed by atoms with E-state index in [0.717, 1.165) is 33.2 Å². The minimum Gasteiger partial charge on any atom is -0.496 e. The topological polar surface area (TPSA) is 69.9 Å². The maximum atomic E-state index is 12.7. The van der Waals surface area contributed by atoms with E-state index in [0.29, 0.717) is 22.9 Å². The van der Waals surface area contributed by atoms with Gasteiger partial charge in [0.15, 0.2) is 11.5 Å². The van der Waals surface area contributed by atoms with Gasteiger partial charge in [-0.25, -0.2) is 0 Å². The second-order valence-corrected chi connectivity index (χ2v) is 7.95. The van der Waals surface area contributed by atoms with E-state index in [1.54, 1.807) is 37.6 Å². The van der Waals surface area contributed by atoms with E-state index in [-0.39, 0.29) is 12.7 Å². The number of allylic oxidation sites excluding steroid dienone is 1. The second kappa shape index (κ2) is 8.39. The van der Waals surface area contributed by atoms with Crippen molar-refractivity contribution in [3.8, 4) is 28.4 Å². The number of anilines is 1. The van der Waals surface area contributed by atoms with Crippen molar-refractivity contribution in [3.05, 3.63) is 78.1 Å². The SMILES string of the molecule is COc1cc2occ(-c3ccc(C)cc3)c2cc1/C(C)=C/C(=O)Nc1ccc2c(c1)OCO2. The van der Waals surface area contributed by atoms with E-state index in [1.165, 1.54) is 5.56 Å². The number of hydrogen-bond donors (Lipinski definition) is 1. The summed E-state index contributed by atoms with van der Waals surface area (Å²) in [6, 6.07) is 17.5. The van der Waals surface area contributed by atoms with Crippen LogP contribution in [0.5, 0.6) is 17.2 Å². The van der Waals surface area contributed by atoms with Crippen LogP contribution in [0.2, 0.25) is 0 Å². The number of carbonyl (C=O) groups is 1. The van der Waals surface area contributed by atoms with Crippen molar-refractivity contribution < 1.29 is 23.4 Å². The highest BCUT2D eigenvalue weighted by Gasteiger charge is 2.16. The minimum absolute atomic E-state index is 0.187. The largest absolute Gasteiger partial charge is 0.496 e. The molecule has 33 heavy (non-hydrogen) atoms. The number of ether oxygens (including phenoxy) is 3. The smallest absolute Gasteiger partial charge is 0.248 e. The standard InChI is InChI=1S/C27H23NO5/c1-16-4-6-18(7-5-16)22-14-31-25-13-24(30-3)20(12-21(22)25)17(2)10-27(29)28-19-8-9-23-26(11-19)33-15-32-23/h4-14H,15H2,1-3H3,(H,28,29)/b17-10+. The molecule has 0 atom stereocenters. The van der Waals surface area contributed by atoms with Crippen molar-refractivity contribution in [1.29, 1.82) is 0 Å². The zero-order chi connectivity index (χ0) is 22.9. The molecule has 1 aromatic heterocycles. The first kappa shape index (κ1) is 20.7. The van der Waals surface area contributed by atoms with Gasteiger partial charge in [-0.15, -0.1) is 0 Å². The third-order valence-electron chi connectivity index (χ3n) is 5.67. The van der Waals surface area contributed by atoms with E-state index >= 15 is 0 Å². The number of rotatable bonds is 5. The summed E-state index contributed by atoms with van der Waals surface area (Å²) in [5, 5.41) is 3.83. The van der Waals surface area contributed by atoms with Gasteiger partial charge in [-0.2, -0.15) is 0 Å². The number of carbonyl (C=O) groups excluding carboxylic acids is 1. The number of benzene rings is 3. The van der Waals surface area contributed by atoms with Gasteiger partial charge in [-0.05, 0) is 43.2 Å². The molecule has 0 bridgehead atoms. The third kappa shape index (κ3) is 4.03. The highest BCUT2D eigenvalue weighted by atomic mass is 16.7. The molecule has 0 saturated heterocycles. The van der Waals surface area contributed by atoms with Gasteiger partial charge in [0.2, 0.25) is 12.7 Å². The lowest BCUT2D eigenvalue weighted by Crippen LogP contribution is -2.08. The molecular weight excluding hydrogens is 418 g/mol. The summed E-state index contributed by atoms with van der Waals surface area (Å²) in [5.41, 5.74) is 6.20. The van der Waals surface area contributed by atoms with Crippen LogP contribution in [0.1, 0.15) is 18.1 Å². The zero-order valence-corrected chi connectivity index (χ0v) is 18.6. The molecule has 1 aliphatic rings. The van der Waals surface area contributed by atoms with Crippen molar-refractivity contribution in [2.75, 3.05) is 19.2 Å². The Morgan fingerprint density at radius 3 is 2.61 bits per heavy atom. The van der Waals surface area contributed by atoms with Crippen molar-refractivity contribution in [2.45, 2.75) is 13.8 Å². The fraction of sp³-hybridized carbons (Fsp3) is 0.148. The van der Waals surface area contributed by atoms with Gasteiger partial charge in [0.25, 0.3) is 0 Å². The molecule has 1 amide bonds. The number of aryl methyl sites for hydroxylation is 1. The normalized spacial score (nSPS) is 12.8. The summed E-state index contributed by atoms with van der Waals surface area (Å²) >= 11 is 0.